The van der Waals surface area contributed by atoms with E-state index in [1.807, 2.05) is 11.3 Å². The van der Waals surface area contributed by atoms with E-state index in [0.717, 1.165) is 19.1 Å². The minimum atomic E-state index is 0.147. The summed E-state index contributed by atoms with van der Waals surface area (Å²) in [5.74, 6) is 0.629. The summed E-state index contributed by atoms with van der Waals surface area (Å²) in [7, 11) is 0. The van der Waals surface area contributed by atoms with Crippen LogP contribution in [0.4, 0.5) is 0 Å². The third kappa shape index (κ3) is 2.22. The normalized spacial score (nSPS) is 34.0. The third-order valence-corrected chi connectivity index (χ3v) is 6.59. The molecular weight excluding hydrogens is 266 g/mol. The van der Waals surface area contributed by atoms with E-state index in [0.29, 0.717) is 5.92 Å². The molecule has 110 valence electrons. The first-order valence-corrected chi connectivity index (χ1v) is 9.07. The minimum absolute atomic E-state index is 0.147. The van der Waals surface area contributed by atoms with Gasteiger partial charge in [0.05, 0.1) is 11.2 Å². The van der Waals surface area contributed by atoms with Crippen LogP contribution < -0.4 is 10.6 Å². The fourth-order valence-corrected chi connectivity index (χ4v) is 5.20. The molecule has 0 radical (unpaired) electrons. The van der Waals surface area contributed by atoms with Crippen molar-refractivity contribution < 1.29 is 0 Å². The van der Waals surface area contributed by atoms with Gasteiger partial charge in [-0.3, -0.25) is 0 Å². The van der Waals surface area contributed by atoms with Gasteiger partial charge < -0.3 is 10.6 Å². The van der Waals surface area contributed by atoms with Crippen molar-refractivity contribution in [1.82, 2.24) is 15.6 Å². The predicted octanol–water partition coefficient (Wildman–Crippen LogP) is 2.60. The van der Waals surface area contributed by atoms with Gasteiger partial charge in [-0.25, -0.2) is 4.98 Å². The summed E-state index contributed by atoms with van der Waals surface area (Å²) in [6.45, 7) is 4.63. The highest BCUT2D eigenvalue weighted by atomic mass is 32.1. The van der Waals surface area contributed by atoms with Crippen LogP contribution in [0, 0.1) is 5.92 Å². The van der Waals surface area contributed by atoms with Crippen molar-refractivity contribution in [2.24, 2.45) is 5.92 Å². The maximum absolute atomic E-state index is 5.11. The molecule has 3 aliphatic rings. The Bertz CT molecular complexity index is 470. The molecule has 4 rings (SSSR count). The number of rotatable bonds is 3. The van der Waals surface area contributed by atoms with Gasteiger partial charge in [0.25, 0.3) is 0 Å². The van der Waals surface area contributed by atoms with Crippen LogP contribution in [0.5, 0.6) is 0 Å². The maximum atomic E-state index is 5.11. The van der Waals surface area contributed by atoms with Gasteiger partial charge in [0, 0.05) is 10.9 Å². The van der Waals surface area contributed by atoms with E-state index in [2.05, 4.69) is 17.6 Å². The molecule has 20 heavy (non-hydrogen) atoms. The number of thiazole rings is 1. The highest BCUT2D eigenvalue weighted by molar-refractivity contribution is 7.11. The van der Waals surface area contributed by atoms with Gasteiger partial charge >= 0.3 is 0 Å². The molecular formula is C16H25N3S. The number of hydrogen-bond acceptors (Lipinski definition) is 4. The van der Waals surface area contributed by atoms with Crippen molar-refractivity contribution in [3.63, 3.8) is 0 Å². The zero-order valence-electron chi connectivity index (χ0n) is 12.4. The average molecular weight is 291 g/mol. The Morgan fingerprint density at radius 1 is 1.30 bits per heavy atom. The molecule has 0 amide bonds. The second-order valence-corrected chi connectivity index (χ2v) is 7.92. The molecule has 1 aliphatic heterocycles. The smallest absolute Gasteiger partial charge is 0.114 e. The number of fused-ring (bicyclic) bond motifs is 1. The molecule has 3 nitrogen and oxygen atoms in total. The standard InChI is InChI=1S/C16H25N3S/c1-11-10-17-9-8-16(11,19-12-6-7-12)15-18-13-4-2-3-5-14(13)20-15/h11-12,17,19H,2-10H2,1H3. The molecule has 2 aliphatic carbocycles. The lowest BCUT2D eigenvalue weighted by Gasteiger charge is -2.42. The highest BCUT2D eigenvalue weighted by Crippen LogP contribution is 2.42. The largest absolute Gasteiger partial charge is 0.316 e. The molecule has 1 aromatic heterocycles. The second-order valence-electron chi connectivity index (χ2n) is 6.84. The zero-order chi connectivity index (χ0) is 13.6. The van der Waals surface area contributed by atoms with Crippen LogP contribution in [0.3, 0.4) is 0 Å². The van der Waals surface area contributed by atoms with Crippen LogP contribution in [-0.2, 0) is 18.4 Å². The van der Waals surface area contributed by atoms with Crippen molar-refractivity contribution in [3.8, 4) is 0 Å². The molecule has 2 N–H and O–H groups in total. The monoisotopic (exact) mass is 291 g/mol. The topological polar surface area (TPSA) is 37.0 Å². The molecule has 0 bridgehead atoms. The molecule has 2 fully saturated rings. The van der Waals surface area contributed by atoms with Crippen molar-refractivity contribution in [3.05, 3.63) is 15.6 Å². The van der Waals surface area contributed by atoms with E-state index >= 15 is 0 Å². The summed E-state index contributed by atoms with van der Waals surface area (Å²) in [5.41, 5.74) is 1.56. The Kier molecular flexibility index (Phi) is 3.36. The number of nitrogens with one attached hydrogen (secondary N) is 2. The molecule has 2 unspecified atom stereocenters. The Hall–Kier alpha value is -0.450. The van der Waals surface area contributed by atoms with Gasteiger partial charge in [0.1, 0.15) is 5.01 Å². The van der Waals surface area contributed by atoms with Crippen LogP contribution in [-0.4, -0.2) is 24.1 Å². The van der Waals surface area contributed by atoms with Gasteiger partial charge in [0.15, 0.2) is 0 Å². The van der Waals surface area contributed by atoms with E-state index in [1.54, 1.807) is 4.88 Å². The van der Waals surface area contributed by atoms with E-state index < -0.39 is 0 Å². The van der Waals surface area contributed by atoms with Crippen LogP contribution in [0.15, 0.2) is 0 Å². The molecule has 1 saturated heterocycles. The maximum Gasteiger partial charge on any atom is 0.114 e. The molecule has 1 aromatic rings. The molecule has 0 spiro atoms. The summed E-state index contributed by atoms with van der Waals surface area (Å²) in [6.07, 6.45) is 9.05. The fourth-order valence-electron chi connectivity index (χ4n) is 3.75. The lowest BCUT2D eigenvalue weighted by molar-refractivity contribution is 0.164. The minimum Gasteiger partial charge on any atom is -0.316 e. The Balaban J connectivity index is 1.70. The first-order valence-electron chi connectivity index (χ1n) is 8.25. The van der Waals surface area contributed by atoms with Crippen molar-refractivity contribution in [2.75, 3.05) is 13.1 Å². The van der Waals surface area contributed by atoms with E-state index in [-0.39, 0.29) is 5.54 Å². The first kappa shape index (κ1) is 13.2. The fraction of sp³-hybridized carbons (Fsp3) is 0.812. The molecule has 4 heteroatoms. The summed E-state index contributed by atoms with van der Waals surface area (Å²) in [6, 6.07) is 0.747. The lowest BCUT2D eigenvalue weighted by atomic mass is 9.79. The Morgan fingerprint density at radius 2 is 2.15 bits per heavy atom. The summed E-state index contributed by atoms with van der Waals surface area (Å²) >= 11 is 2.01. The summed E-state index contributed by atoms with van der Waals surface area (Å²) < 4.78 is 0. The summed E-state index contributed by atoms with van der Waals surface area (Å²) in [5, 5.41) is 8.93. The van der Waals surface area contributed by atoms with E-state index in [1.165, 1.54) is 55.6 Å². The lowest BCUT2D eigenvalue weighted by Crippen LogP contribution is -2.56. The second kappa shape index (κ2) is 5.08. The van der Waals surface area contributed by atoms with Crippen LogP contribution >= 0.6 is 11.3 Å². The van der Waals surface area contributed by atoms with Gasteiger partial charge in [-0.05, 0) is 64.0 Å². The Labute approximate surface area is 125 Å². The number of piperidine rings is 1. The molecule has 1 saturated carbocycles. The number of aromatic nitrogens is 1. The van der Waals surface area contributed by atoms with E-state index in [4.69, 9.17) is 4.98 Å². The zero-order valence-corrected chi connectivity index (χ0v) is 13.2. The number of aryl methyl sites for hydroxylation is 2. The van der Waals surface area contributed by atoms with Crippen LogP contribution in [0.1, 0.15) is 54.6 Å². The summed E-state index contributed by atoms with van der Waals surface area (Å²) in [4.78, 5) is 6.68. The number of nitrogens with zero attached hydrogens (tertiary/aromatic N) is 1. The van der Waals surface area contributed by atoms with E-state index in [9.17, 15) is 0 Å². The average Bonchev–Trinajstić information content (AvgIpc) is 3.16. The predicted molar refractivity (Wildman–Crippen MR) is 83.2 cm³/mol. The molecule has 0 aromatic carbocycles. The van der Waals surface area contributed by atoms with Gasteiger partial charge in [-0.2, -0.15) is 0 Å². The van der Waals surface area contributed by atoms with Crippen molar-refractivity contribution >= 4 is 11.3 Å². The third-order valence-electron chi connectivity index (χ3n) is 5.25. The quantitative estimate of drug-likeness (QED) is 0.899. The highest BCUT2D eigenvalue weighted by Gasteiger charge is 2.45. The SMILES string of the molecule is CC1CNCCC1(NC1CC1)c1nc2c(s1)CCCC2. The molecule has 2 heterocycles. The van der Waals surface area contributed by atoms with Crippen molar-refractivity contribution in [1.29, 1.82) is 0 Å². The van der Waals surface area contributed by atoms with Gasteiger partial charge in [-0.1, -0.05) is 6.92 Å². The van der Waals surface area contributed by atoms with Gasteiger partial charge in [0.2, 0.25) is 0 Å². The Morgan fingerprint density at radius 3 is 2.90 bits per heavy atom. The van der Waals surface area contributed by atoms with Gasteiger partial charge in [-0.15, -0.1) is 11.3 Å². The number of hydrogen-bond donors (Lipinski definition) is 2. The molecule has 2 atom stereocenters. The van der Waals surface area contributed by atoms with Crippen molar-refractivity contribution in [2.45, 2.75) is 63.5 Å². The van der Waals surface area contributed by atoms with Crippen LogP contribution in [0.2, 0.25) is 0 Å². The first-order chi connectivity index (χ1) is 9.78. The van der Waals surface area contributed by atoms with Crippen LogP contribution in [0.25, 0.3) is 0 Å².